The fourth-order valence-electron chi connectivity index (χ4n) is 4.83. The van der Waals surface area contributed by atoms with Gasteiger partial charge in [0.15, 0.2) is 6.10 Å². The quantitative estimate of drug-likeness (QED) is 0.0725. The highest BCUT2D eigenvalue weighted by Crippen LogP contribution is 2.15. The third kappa shape index (κ3) is 27.9. The minimum Gasteiger partial charge on any atom is -0.462 e. The van der Waals surface area contributed by atoms with Crippen molar-refractivity contribution >= 4 is 11.9 Å². The Morgan fingerprint density at radius 1 is 0.500 bits per heavy atom. The lowest BCUT2D eigenvalue weighted by molar-refractivity contribution is -0.161. The van der Waals surface area contributed by atoms with E-state index in [1.54, 1.807) is 0 Å². The number of ether oxygens (including phenoxy) is 2. The van der Waals surface area contributed by atoms with E-state index in [-0.39, 0.29) is 25.2 Å². The van der Waals surface area contributed by atoms with E-state index in [4.69, 9.17) is 9.47 Å². The lowest BCUT2D eigenvalue weighted by atomic mass is 10.0. The summed E-state index contributed by atoms with van der Waals surface area (Å²) in [5.41, 5.74) is 0. The maximum absolute atomic E-state index is 12.0. The van der Waals surface area contributed by atoms with Crippen molar-refractivity contribution in [3.05, 3.63) is 0 Å². The van der Waals surface area contributed by atoms with E-state index in [9.17, 15) is 14.7 Å². The molecule has 0 rings (SSSR count). The normalized spacial score (nSPS) is 12.0. The van der Waals surface area contributed by atoms with Crippen LogP contribution < -0.4 is 0 Å². The molecule has 0 fully saturated rings. The maximum atomic E-state index is 12.0. The standard InChI is InChI=1S/C33H64O5/c1-3-5-7-8-9-10-11-12-13-14-15-16-17-18-19-20-21-22-23-24-25-26-28-33(36)38-31(29-34)30-37-32(35)27-6-4-2/h31,34H,3-30H2,1-2H3. The molecular formula is C33H64O5. The molecular weight excluding hydrogens is 476 g/mol. The summed E-state index contributed by atoms with van der Waals surface area (Å²) in [7, 11) is 0. The number of hydrogen-bond donors (Lipinski definition) is 1. The lowest BCUT2D eigenvalue weighted by Crippen LogP contribution is -2.28. The molecule has 226 valence electrons. The number of rotatable bonds is 30. The average Bonchev–Trinajstić information content (AvgIpc) is 2.92. The Bertz CT molecular complexity index is 508. The van der Waals surface area contributed by atoms with Gasteiger partial charge >= 0.3 is 11.9 Å². The Morgan fingerprint density at radius 2 is 0.842 bits per heavy atom. The predicted octanol–water partition coefficient (Wildman–Crippen LogP) is 9.62. The van der Waals surface area contributed by atoms with Crippen molar-refractivity contribution in [2.45, 2.75) is 187 Å². The zero-order valence-electron chi connectivity index (χ0n) is 25.5. The monoisotopic (exact) mass is 540 g/mol. The maximum Gasteiger partial charge on any atom is 0.306 e. The van der Waals surface area contributed by atoms with Gasteiger partial charge in [0.05, 0.1) is 6.61 Å². The number of aliphatic hydroxyl groups excluding tert-OH is 1. The van der Waals surface area contributed by atoms with Crippen LogP contribution in [-0.2, 0) is 19.1 Å². The van der Waals surface area contributed by atoms with Crippen LogP contribution in [0.1, 0.15) is 181 Å². The second-order valence-corrected chi connectivity index (χ2v) is 11.3. The molecule has 0 amide bonds. The van der Waals surface area contributed by atoms with E-state index in [0.717, 1.165) is 32.1 Å². The third-order valence-electron chi connectivity index (χ3n) is 7.40. The highest BCUT2D eigenvalue weighted by Gasteiger charge is 2.15. The van der Waals surface area contributed by atoms with Gasteiger partial charge in [-0.3, -0.25) is 9.59 Å². The fraction of sp³-hybridized carbons (Fsp3) is 0.939. The number of carbonyl (C=O) groups excluding carboxylic acids is 2. The van der Waals surface area contributed by atoms with Crippen molar-refractivity contribution in [1.29, 1.82) is 0 Å². The number of carbonyl (C=O) groups is 2. The molecule has 0 aliphatic carbocycles. The Balaban J connectivity index is 3.33. The van der Waals surface area contributed by atoms with E-state index >= 15 is 0 Å². The Kier molecular flexibility index (Phi) is 29.6. The minimum absolute atomic E-state index is 0.0653. The smallest absolute Gasteiger partial charge is 0.306 e. The summed E-state index contributed by atoms with van der Waals surface area (Å²) in [4.78, 5) is 23.5. The molecule has 0 aliphatic heterocycles. The zero-order chi connectivity index (χ0) is 27.9. The minimum atomic E-state index is -0.757. The second-order valence-electron chi connectivity index (χ2n) is 11.3. The first-order chi connectivity index (χ1) is 18.6. The first kappa shape index (κ1) is 36.9. The Morgan fingerprint density at radius 3 is 1.21 bits per heavy atom. The Hall–Kier alpha value is -1.10. The number of aliphatic hydroxyl groups is 1. The SMILES string of the molecule is CCCCCCCCCCCCCCCCCCCCCCCCC(=O)OC(CO)COC(=O)CCCC. The summed E-state index contributed by atoms with van der Waals surface area (Å²) in [5.74, 6) is -0.622. The molecule has 1 atom stereocenters. The van der Waals surface area contributed by atoms with Gasteiger partial charge in [-0.15, -0.1) is 0 Å². The van der Waals surface area contributed by atoms with Crippen molar-refractivity contribution < 1.29 is 24.2 Å². The summed E-state index contributed by atoms with van der Waals surface area (Å²) in [5, 5.41) is 9.35. The first-order valence-corrected chi connectivity index (χ1v) is 16.6. The van der Waals surface area contributed by atoms with E-state index in [1.165, 1.54) is 122 Å². The number of unbranched alkanes of at least 4 members (excludes halogenated alkanes) is 22. The van der Waals surface area contributed by atoms with Crippen LogP contribution in [0.5, 0.6) is 0 Å². The first-order valence-electron chi connectivity index (χ1n) is 16.6. The van der Waals surface area contributed by atoms with Gasteiger partial charge in [0.1, 0.15) is 6.61 Å². The summed E-state index contributed by atoms with van der Waals surface area (Å²) >= 11 is 0. The van der Waals surface area contributed by atoms with Crippen LogP contribution in [0.25, 0.3) is 0 Å². The van der Waals surface area contributed by atoms with Crippen LogP contribution >= 0.6 is 0 Å². The second kappa shape index (κ2) is 30.4. The van der Waals surface area contributed by atoms with Crippen LogP contribution in [0.2, 0.25) is 0 Å². The van der Waals surface area contributed by atoms with Gasteiger partial charge in [0.25, 0.3) is 0 Å². The third-order valence-corrected chi connectivity index (χ3v) is 7.40. The van der Waals surface area contributed by atoms with Crippen molar-refractivity contribution in [3.8, 4) is 0 Å². The molecule has 1 unspecified atom stereocenters. The molecule has 0 spiro atoms. The van der Waals surface area contributed by atoms with Crippen molar-refractivity contribution in [2.24, 2.45) is 0 Å². The van der Waals surface area contributed by atoms with E-state index in [0.29, 0.717) is 12.8 Å². The molecule has 0 radical (unpaired) electrons. The van der Waals surface area contributed by atoms with Gasteiger partial charge in [-0.05, 0) is 12.8 Å². The Labute approximate surface area is 236 Å². The lowest BCUT2D eigenvalue weighted by Gasteiger charge is -2.15. The molecule has 0 bridgehead atoms. The van der Waals surface area contributed by atoms with Crippen LogP contribution in [0, 0.1) is 0 Å². The molecule has 5 heteroatoms. The number of esters is 2. The molecule has 0 aromatic heterocycles. The summed E-state index contributed by atoms with van der Waals surface area (Å²) < 4.78 is 10.3. The topological polar surface area (TPSA) is 72.8 Å². The molecule has 1 N–H and O–H groups in total. The van der Waals surface area contributed by atoms with E-state index < -0.39 is 6.10 Å². The van der Waals surface area contributed by atoms with E-state index in [1.807, 2.05) is 6.92 Å². The van der Waals surface area contributed by atoms with Crippen LogP contribution in [0.3, 0.4) is 0 Å². The van der Waals surface area contributed by atoms with Crippen LogP contribution in [0.4, 0.5) is 0 Å². The van der Waals surface area contributed by atoms with Crippen molar-refractivity contribution in [1.82, 2.24) is 0 Å². The highest BCUT2D eigenvalue weighted by molar-refractivity contribution is 5.70. The molecule has 0 saturated heterocycles. The van der Waals surface area contributed by atoms with E-state index in [2.05, 4.69) is 6.92 Å². The molecule has 0 aromatic rings. The van der Waals surface area contributed by atoms with Crippen molar-refractivity contribution in [3.63, 3.8) is 0 Å². The van der Waals surface area contributed by atoms with Gasteiger partial charge in [-0.1, -0.05) is 155 Å². The van der Waals surface area contributed by atoms with Gasteiger partial charge in [-0.25, -0.2) is 0 Å². The molecule has 0 saturated carbocycles. The summed E-state index contributed by atoms with van der Waals surface area (Å²) in [6.07, 6.45) is 31.2. The highest BCUT2D eigenvalue weighted by atomic mass is 16.6. The van der Waals surface area contributed by atoms with Crippen LogP contribution in [0.15, 0.2) is 0 Å². The molecule has 0 heterocycles. The molecule has 0 aliphatic rings. The summed E-state index contributed by atoms with van der Waals surface area (Å²) in [6.45, 7) is 3.90. The fourth-order valence-corrected chi connectivity index (χ4v) is 4.83. The average molecular weight is 541 g/mol. The van der Waals surface area contributed by atoms with Crippen LogP contribution in [-0.4, -0.2) is 36.4 Å². The zero-order valence-corrected chi connectivity index (χ0v) is 25.5. The molecule has 0 aromatic carbocycles. The number of hydrogen-bond acceptors (Lipinski definition) is 5. The molecule has 5 nitrogen and oxygen atoms in total. The van der Waals surface area contributed by atoms with Gasteiger partial charge < -0.3 is 14.6 Å². The largest absolute Gasteiger partial charge is 0.462 e. The van der Waals surface area contributed by atoms with Crippen molar-refractivity contribution in [2.75, 3.05) is 13.2 Å². The predicted molar refractivity (Wildman–Crippen MR) is 159 cm³/mol. The summed E-state index contributed by atoms with van der Waals surface area (Å²) in [6, 6.07) is 0. The van der Waals surface area contributed by atoms with Gasteiger partial charge in [0.2, 0.25) is 0 Å². The van der Waals surface area contributed by atoms with Gasteiger partial charge in [-0.2, -0.15) is 0 Å². The van der Waals surface area contributed by atoms with Gasteiger partial charge in [0, 0.05) is 12.8 Å². The molecule has 38 heavy (non-hydrogen) atoms.